The molecule has 3 heteroatoms. The number of anilines is 1. The number of nitrogen functional groups attached to an aromatic ring is 1. The quantitative estimate of drug-likeness (QED) is 0.643. The molecule has 1 aromatic heterocycles. The highest BCUT2D eigenvalue weighted by Crippen LogP contribution is 2.17. The summed E-state index contributed by atoms with van der Waals surface area (Å²) in [5.74, 6) is 0.0492. The first-order chi connectivity index (χ1) is 9.67. The van der Waals surface area contributed by atoms with E-state index in [0.29, 0.717) is 11.3 Å². The van der Waals surface area contributed by atoms with E-state index in [1.54, 1.807) is 12.1 Å². The third-order valence-electron chi connectivity index (χ3n) is 3.55. The molecule has 20 heavy (non-hydrogen) atoms. The Morgan fingerprint density at radius 2 is 2.00 bits per heavy atom. The highest BCUT2D eigenvalue weighted by Gasteiger charge is 2.16. The summed E-state index contributed by atoms with van der Waals surface area (Å²) in [4.78, 5) is 12.6. The molecule has 0 atom stereocenters. The first-order valence-electron chi connectivity index (χ1n) is 7.26. The van der Waals surface area contributed by atoms with E-state index >= 15 is 0 Å². The van der Waals surface area contributed by atoms with E-state index in [9.17, 15) is 4.79 Å². The Kier molecular flexibility index (Phi) is 4.61. The molecule has 1 heterocycles. The number of benzene rings is 1. The minimum absolute atomic E-state index is 0.0492. The van der Waals surface area contributed by atoms with E-state index in [1.165, 1.54) is 5.69 Å². The lowest BCUT2D eigenvalue weighted by Crippen LogP contribution is -2.12. The Labute approximate surface area is 120 Å². The molecule has 0 saturated heterocycles. The van der Waals surface area contributed by atoms with E-state index in [2.05, 4.69) is 24.5 Å². The molecule has 106 valence electrons. The fourth-order valence-electron chi connectivity index (χ4n) is 2.42. The summed E-state index contributed by atoms with van der Waals surface area (Å²) in [6.45, 7) is 5.18. The molecule has 2 N–H and O–H groups in total. The number of rotatable bonds is 6. The Morgan fingerprint density at radius 3 is 2.65 bits per heavy atom. The number of unbranched alkanes of at least 4 members (excludes halogenated alkanes) is 1. The average Bonchev–Trinajstić information content (AvgIpc) is 2.87. The van der Waals surface area contributed by atoms with Gasteiger partial charge in [0.2, 0.25) is 5.78 Å². The molecular weight excluding hydrogens is 248 g/mol. The maximum Gasteiger partial charge on any atom is 0.209 e. The SMILES string of the molecule is CCCCn1c(CC)ccc1C(=O)c1cccc(N)c1. The lowest BCUT2D eigenvalue weighted by Gasteiger charge is -2.12. The van der Waals surface area contributed by atoms with Crippen molar-refractivity contribution in [2.45, 2.75) is 39.7 Å². The molecule has 0 aliphatic carbocycles. The van der Waals surface area contributed by atoms with Crippen molar-refractivity contribution in [3.05, 3.63) is 53.3 Å². The van der Waals surface area contributed by atoms with Crippen LogP contribution in [0.5, 0.6) is 0 Å². The lowest BCUT2D eigenvalue weighted by atomic mass is 10.1. The van der Waals surface area contributed by atoms with Crippen molar-refractivity contribution in [2.75, 3.05) is 5.73 Å². The predicted octanol–water partition coefficient (Wildman–Crippen LogP) is 3.66. The summed E-state index contributed by atoms with van der Waals surface area (Å²) < 4.78 is 2.15. The molecule has 0 aliphatic heterocycles. The van der Waals surface area contributed by atoms with Gasteiger partial charge in [-0.1, -0.05) is 32.4 Å². The molecule has 0 amide bonds. The Morgan fingerprint density at radius 1 is 1.20 bits per heavy atom. The Balaban J connectivity index is 2.36. The monoisotopic (exact) mass is 270 g/mol. The van der Waals surface area contributed by atoms with Crippen LogP contribution in [-0.2, 0) is 13.0 Å². The summed E-state index contributed by atoms with van der Waals surface area (Å²) in [7, 11) is 0. The van der Waals surface area contributed by atoms with Crippen molar-refractivity contribution >= 4 is 11.5 Å². The van der Waals surface area contributed by atoms with Crippen molar-refractivity contribution in [3.63, 3.8) is 0 Å². The van der Waals surface area contributed by atoms with Gasteiger partial charge in [0.1, 0.15) is 0 Å². The number of aryl methyl sites for hydroxylation is 1. The van der Waals surface area contributed by atoms with Gasteiger partial charge in [0, 0.05) is 23.5 Å². The number of ketones is 1. The number of carbonyl (C=O) groups excluding carboxylic acids is 1. The van der Waals surface area contributed by atoms with Gasteiger partial charge in [0.05, 0.1) is 5.69 Å². The number of nitrogens with zero attached hydrogens (tertiary/aromatic N) is 1. The maximum atomic E-state index is 12.6. The second kappa shape index (κ2) is 6.42. The molecule has 0 aliphatic rings. The van der Waals surface area contributed by atoms with Gasteiger partial charge in [0.15, 0.2) is 0 Å². The Bertz CT molecular complexity index is 599. The van der Waals surface area contributed by atoms with Crippen LogP contribution < -0.4 is 5.73 Å². The summed E-state index contributed by atoms with van der Waals surface area (Å²) >= 11 is 0. The van der Waals surface area contributed by atoms with Crippen molar-refractivity contribution in [1.29, 1.82) is 0 Å². The van der Waals surface area contributed by atoms with E-state index in [1.807, 2.05) is 18.2 Å². The first kappa shape index (κ1) is 14.4. The molecule has 0 bridgehead atoms. The average molecular weight is 270 g/mol. The van der Waals surface area contributed by atoms with Gasteiger partial charge in [-0.3, -0.25) is 4.79 Å². The first-order valence-corrected chi connectivity index (χ1v) is 7.26. The van der Waals surface area contributed by atoms with E-state index < -0.39 is 0 Å². The zero-order valence-corrected chi connectivity index (χ0v) is 12.2. The third kappa shape index (κ3) is 2.93. The minimum Gasteiger partial charge on any atom is -0.399 e. The molecule has 3 nitrogen and oxygen atoms in total. The number of aromatic nitrogens is 1. The van der Waals surface area contributed by atoms with Gasteiger partial charge in [-0.15, -0.1) is 0 Å². The van der Waals surface area contributed by atoms with Gasteiger partial charge >= 0.3 is 0 Å². The molecular formula is C17H22N2O. The van der Waals surface area contributed by atoms with Gasteiger partial charge in [-0.05, 0) is 37.1 Å². The van der Waals surface area contributed by atoms with E-state index in [-0.39, 0.29) is 5.78 Å². The number of hydrogen-bond acceptors (Lipinski definition) is 2. The summed E-state index contributed by atoms with van der Waals surface area (Å²) in [6, 6.07) is 11.2. The second-order valence-electron chi connectivity index (χ2n) is 5.02. The molecule has 2 rings (SSSR count). The van der Waals surface area contributed by atoms with Gasteiger partial charge in [-0.25, -0.2) is 0 Å². The van der Waals surface area contributed by atoms with Crippen LogP contribution in [0.4, 0.5) is 5.69 Å². The van der Waals surface area contributed by atoms with Crippen LogP contribution in [0.2, 0.25) is 0 Å². The van der Waals surface area contributed by atoms with Gasteiger partial charge in [0.25, 0.3) is 0 Å². The van der Waals surface area contributed by atoms with Crippen LogP contribution in [0.15, 0.2) is 36.4 Å². The van der Waals surface area contributed by atoms with Crippen molar-refractivity contribution in [2.24, 2.45) is 0 Å². The summed E-state index contributed by atoms with van der Waals surface area (Å²) in [6.07, 6.45) is 3.14. The van der Waals surface area contributed by atoms with Crippen molar-refractivity contribution in [3.8, 4) is 0 Å². The van der Waals surface area contributed by atoms with E-state index in [4.69, 9.17) is 5.73 Å². The standard InChI is InChI=1S/C17H22N2O/c1-3-5-11-19-15(4-2)9-10-16(19)17(20)13-7-6-8-14(18)12-13/h6-10,12H,3-5,11,18H2,1-2H3. The molecule has 0 saturated carbocycles. The molecule has 1 aromatic carbocycles. The van der Waals surface area contributed by atoms with E-state index in [0.717, 1.165) is 31.5 Å². The topological polar surface area (TPSA) is 48.0 Å². The van der Waals surface area contributed by atoms with Crippen LogP contribution in [0.3, 0.4) is 0 Å². The number of carbonyl (C=O) groups is 1. The fourth-order valence-corrected chi connectivity index (χ4v) is 2.42. The summed E-state index contributed by atoms with van der Waals surface area (Å²) in [5, 5.41) is 0. The van der Waals surface area contributed by atoms with Crippen LogP contribution >= 0.6 is 0 Å². The molecule has 2 aromatic rings. The highest BCUT2D eigenvalue weighted by molar-refractivity contribution is 6.08. The van der Waals surface area contributed by atoms with Gasteiger partial charge < -0.3 is 10.3 Å². The second-order valence-corrected chi connectivity index (χ2v) is 5.02. The minimum atomic E-state index is 0.0492. The van der Waals surface area contributed by atoms with Gasteiger partial charge in [-0.2, -0.15) is 0 Å². The molecule has 0 radical (unpaired) electrons. The number of hydrogen-bond donors (Lipinski definition) is 1. The lowest BCUT2D eigenvalue weighted by molar-refractivity contribution is 0.103. The van der Waals surface area contributed by atoms with Crippen LogP contribution in [0.1, 0.15) is 48.4 Å². The van der Waals surface area contributed by atoms with Crippen LogP contribution in [0, 0.1) is 0 Å². The maximum absolute atomic E-state index is 12.6. The zero-order chi connectivity index (χ0) is 14.5. The molecule has 0 spiro atoms. The smallest absolute Gasteiger partial charge is 0.209 e. The summed E-state index contributed by atoms with van der Waals surface area (Å²) in [5.41, 5.74) is 9.02. The normalized spacial score (nSPS) is 10.7. The van der Waals surface area contributed by atoms with Crippen LogP contribution in [0.25, 0.3) is 0 Å². The Hall–Kier alpha value is -2.03. The highest BCUT2D eigenvalue weighted by atomic mass is 16.1. The largest absolute Gasteiger partial charge is 0.399 e. The molecule has 0 unspecified atom stereocenters. The fraction of sp³-hybridized carbons (Fsp3) is 0.353. The number of nitrogens with two attached hydrogens (primary N) is 1. The zero-order valence-electron chi connectivity index (χ0n) is 12.2. The van der Waals surface area contributed by atoms with Crippen LogP contribution in [-0.4, -0.2) is 10.4 Å². The molecule has 0 fully saturated rings. The third-order valence-corrected chi connectivity index (χ3v) is 3.55. The predicted molar refractivity (Wildman–Crippen MR) is 83.0 cm³/mol. The van der Waals surface area contributed by atoms with Crippen molar-refractivity contribution < 1.29 is 4.79 Å². The van der Waals surface area contributed by atoms with Crippen molar-refractivity contribution in [1.82, 2.24) is 4.57 Å².